The van der Waals surface area contributed by atoms with Crippen molar-refractivity contribution in [2.75, 3.05) is 18.6 Å². The Morgan fingerprint density at radius 3 is 2.35 bits per heavy atom. The molecule has 0 fully saturated rings. The fraction of sp³-hybridized carbons (Fsp3) is 0.679. The number of amides is 3. The molecule has 0 saturated carbocycles. The van der Waals surface area contributed by atoms with Crippen molar-refractivity contribution in [2.24, 2.45) is 0 Å². The number of hydrogen-bond acceptors (Lipinski definition) is 6. The van der Waals surface area contributed by atoms with E-state index in [2.05, 4.69) is 24.5 Å². The zero-order chi connectivity index (χ0) is 28.0. The number of ether oxygens (including phenoxy) is 1. The fourth-order valence-corrected chi connectivity index (χ4v) is 4.51. The standard InChI is InChI=1S/C28H47N3O5S/c1-8-10-11-17-31(26(34)23(16-18-37-7)30-27(35)36-28(4,5)6)24(21-14-12-15-22(32)19-21)25(33)29-20(3)13-9-2/h12,14-15,19-20,23-24,32H,8-11,13,16-18H2,1-7H3,(H,29,33)(H,30,35). The van der Waals surface area contributed by atoms with Gasteiger partial charge in [-0.2, -0.15) is 11.8 Å². The predicted molar refractivity (Wildman–Crippen MR) is 151 cm³/mol. The number of nitrogens with zero attached hydrogens (tertiary/aromatic N) is 1. The SMILES string of the molecule is CCCCCN(C(=O)C(CCSC)NC(=O)OC(C)(C)C)C(C(=O)NC(C)CCC)c1cccc(O)c1. The molecule has 0 aliphatic carbocycles. The number of phenolic OH excluding ortho intramolecular Hbond substituents is 1. The zero-order valence-corrected chi connectivity index (χ0v) is 24.5. The molecule has 3 unspecified atom stereocenters. The van der Waals surface area contributed by atoms with Gasteiger partial charge >= 0.3 is 6.09 Å². The van der Waals surface area contributed by atoms with Crippen LogP contribution in [0.1, 0.15) is 91.7 Å². The van der Waals surface area contributed by atoms with Crippen LogP contribution in [-0.4, -0.2) is 64.2 Å². The van der Waals surface area contributed by atoms with Crippen LogP contribution in [0.25, 0.3) is 0 Å². The third-order valence-corrected chi connectivity index (χ3v) is 6.39. The third kappa shape index (κ3) is 12.1. The smallest absolute Gasteiger partial charge is 0.408 e. The Morgan fingerprint density at radius 2 is 1.78 bits per heavy atom. The van der Waals surface area contributed by atoms with Gasteiger partial charge in [0.25, 0.3) is 0 Å². The van der Waals surface area contributed by atoms with Crippen molar-refractivity contribution in [1.29, 1.82) is 0 Å². The molecule has 1 aromatic rings. The lowest BCUT2D eigenvalue weighted by Crippen LogP contribution is -2.54. The average molecular weight is 538 g/mol. The first kappa shape index (κ1) is 32.6. The van der Waals surface area contributed by atoms with Gasteiger partial charge in [0.05, 0.1) is 0 Å². The molecule has 1 aromatic carbocycles. The molecule has 0 heterocycles. The molecule has 3 atom stereocenters. The van der Waals surface area contributed by atoms with Gasteiger partial charge in [0.2, 0.25) is 11.8 Å². The first-order valence-electron chi connectivity index (χ1n) is 13.3. The van der Waals surface area contributed by atoms with Gasteiger partial charge in [-0.25, -0.2) is 4.79 Å². The van der Waals surface area contributed by atoms with E-state index in [0.29, 0.717) is 30.7 Å². The van der Waals surface area contributed by atoms with E-state index in [9.17, 15) is 19.5 Å². The Bertz CT molecular complexity index is 858. The number of rotatable bonds is 15. The van der Waals surface area contributed by atoms with Crippen LogP contribution in [-0.2, 0) is 14.3 Å². The van der Waals surface area contributed by atoms with Crippen molar-refractivity contribution in [2.45, 2.75) is 104 Å². The highest BCUT2D eigenvalue weighted by molar-refractivity contribution is 7.98. The number of alkyl carbamates (subject to hydrolysis) is 1. The minimum absolute atomic E-state index is 0.0173. The maximum absolute atomic E-state index is 14.1. The third-order valence-electron chi connectivity index (χ3n) is 5.74. The molecule has 1 rings (SSSR count). The second kappa shape index (κ2) is 16.4. The molecule has 0 saturated heterocycles. The first-order chi connectivity index (χ1) is 17.4. The number of phenols is 1. The lowest BCUT2D eigenvalue weighted by molar-refractivity contribution is -0.143. The fourth-order valence-electron chi connectivity index (χ4n) is 4.04. The molecular formula is C28H47N3O5S. The normalized spacial score (nSPS) is 13.8. The minimum Gasteiger partial charge on any atom is -0.508 e. The monoisotopic (exact) mass is 537 g/mol. The summed E-state index contributed by atoms with van der Waals surface area (Å²) in [6.07, 6.45) is 5.92. The van der Waals surface area contributed by atoms with Gasteiger partial charge in [0.15, 0.2) is 0 Å². The molecule has 3 N–H and O–H groups in total. The lowest BCUT2D eigenvalue weighted by Gasteiger charge is -2.35. The number of benzene rings is 1. The highest BCUT2D eigenvalue weighted by atomic mass is 32.2. The molecule has 210 valence electrons. The van der Waals surface area contributed by atoms with E-state index in [4.69, 9.17) is 4.74 Å². The second-order valence-corrected chi connectivity index (χ2v) is 11.4. The molecule has 0 aliphatic heterocycles. The molecule has 37 heavy (non-hydrogen) atoms. The van der Waals surface area contributed by atoms with Crippen molar-refractivity contribution >= 4 is 29.7 Å². The first-order valence-corrected chi connectivity index (χ1v) is 14.7. The highest BCUT2D eigenvalue weighted by Crippen LogP contribution is 2.27. The summed E-state index contributed by atoms with van der Waals surface area (Å²) in [5, 5.41) is 16.0. The summed E-state index contributed by atoms with van der Waals surface area (Å²) < 4.78 is 5.42. The van der Waals surface area contributed by atoms with Crippen LogP contribution in [0.2, 0.25) is 0 Å². The molecule has 9 heteroatoms. The van der Waals surface area contributed by atoms with Gasteiger partial charge in [-0.05, 0) is 76.7 Å². The van der Waals surface area contributed by atoms with E-state index in [-0.39, 0.29) is 23.6 Å². The second-order valence-electron chi connectivity index (χ2n) is 10.4. The van der Waals surface area contributed by atoms with Crippen molar-refractivity contribution < 1.29 is 24.2 Å². The van der Waals surface area contributed by atoms with Crippen molar-refractivity contribution in [3.8, 4) is 5.75 Å². The van der Waals surface area contributed by atoms with Crippen LogP contribution >= 0.6 is 11.8 Å². The minimum atomic E-state index is -0.951. The molecule has 8 nitrogen and oxygen atoms in total. The summed E-state index contributed by atoms with van der Waals surface area (Å²) in [6.45, 7) is 11.7. The summed E-state index contributed by atoms with van der Waals surface area (Å²) in [5.74, 6) is 0.00883. The summed E-state index contributed by atoms with van der Waals surface area (Å²) in [4.78, 5) is 41.9. The Hall–Kier alpha value is -2.42. The van der Waals surface area contributed by atoms with E-state index in [1.54, 1.807) is 49.6 Å². The summed E-state index contributed by atoms with van der Waals surface area (Å²) >= 11 is 1.57. The topological polar surface area (TPSA) is 108 Å². The van der Waals surface area contributed by atoms with Gasteiger partial charge < -0.3 is 25.4 Å². The zero-order valence-electron chi connectivity index (χ0n) is 23.6. The Labute approximate surface area is 227 Å². The van der Waals surface area contributed by atoms with Crippen molar-refractivity contribution in [3.05, 3.63) is 29.8 Å². The van der Waals surface area contributed by atoms with E-state index in [0.717, 1.165) is 25.7 Å². The van der Waals surface area contributed by atoms with E-state index < -0.39 is 23.8 Å². The Morgan fingerprint density at radius 1 is 1.08 bits per heavy atom. The lowest BCUT2D eigenvalue weighted by atomic mass is 10.0. The van der Waals surface area contributed by atoms with Crippen molar-refractivity contribution in [1.82, 2.24) is 15.5 Å². The maximum Gasteiger partial charge on any atom is 0.408 e. The molecular weight excluding hydrogens is 490 g/mol. The van der Waals surface area contributed by atoms with E-state index >= 15 is 0 Å². The number of unbranched alkanes of at least 4 members (excludes halogenated alkanes) is 2. The van der Waals surface area contributed by atoms with Crippen LogP contribution in [0, 0.1) is 0 Å². The number of hydrogen-bond donors (Lipinski definition) is 3. The molecule has 0 bridgehead atoms. The molecule has 0 aliphatic rings. The Balaban J connectivity index is 3.46. The number of aromatic hydroxyl groups is 1. The highest BCUT2D eigenvalue weighted by Gasteiger charge is 2.36. The van der Waals surface area contributed by atoms with E-state index in [1.807, 2.05) is 13.2 Å². The van der Waals surface area contributed by atoms with Gasteiger partial charge in [-0.3, -0.25) is 9.59 Å². The van der Waals surface area contributed by atoms with Crippen LogP contribution in [0.15, 0.2) is 24.3 Å². The predicted octanol–water partition coefficient (Wildman–Crippen LogP) is 5.40. The van der Waals surface area contributed by atoms with Crippen molar-refractivity contribution in [3.63, 3.8) is 0 Å². The van der Waals surface area contributed by atoms with Crippen LogP contribution in [0.5, 0.6) is 5.75 Å². The summed E-state index contributed by atoms with van der Waals surface area (Å²) in [6, 6.07) is 4.58. The van der Waals surface area contributed by atoms with Gasteiger partial charge in [-0.15, -0.1) is 0 Å². The summed E-state index contributed by atoms with van der Waals surface area (Å²) in [7, 11) is 0. The Kier molecular flexibility index (Phi) is 14.5. The van der Waals surface area contributed by atoms with Gasteiger partial charge in [0, 0.05) is 12.6 Å². The quantitative estimate of drug-likeness (QED) is 0.259. The number of thioether (sulfide) groups is 1. The number of nitrogens with one attached hydrogen (secondary N) is 2. The van der Waals surface area contributed by atoms with Crippen LogP contribution in [0.3, 0.4) is 0 Å². The molecule has 0 spiro atoms. The maximum atomic E-state index is 14.1. The molecule has 0 radical (unpaired) electrons. The molecule has 3 amide bonds. The molecule has 0 aromatic heterocycles. The number of carbonyl (C=O) groups is 3. The average Bonchev–Trinajstić information content (AvgIpc) is 2.79. The van der Waals surface area contributed by atoms with E-state index in [1.165, 1.54) is 12.1 Å². The van der Waals surface area contributed by atoms with Gasteiger partial charge in [-0.1, -0.05) is 45.2 Å². The van der Waals surface area contributed by atoms with Crippen LogP contribution < -0.4 is 10.6 Å². The summed E-state index contributed by atoms with van der Waals surface area (Å²) in [5.41, 5.74) is -0.191. The number of carbonyl (C=O) groups excluding carboxylic acids is 3. The largest absolute Gasteiger partial charge is 0.508 e. The van der Waals surface area contributed by atoms with Gasteiger partial charge in [0.1, 0.15) is 23.4 Å². The van der Waals surface area contributed by atoms with Crippen LogP contribution in [0.4, 0.5) is 4.79 Å².